The predicted molar refractivity (Wildman–Crippen MR) is 87.1 cm³/mol. The molecule has 0 aliphatic carbocycles. The van der Waals surface area contributed by atoms with Crippen LogP contribution in [-0.2, 0) is 9.59 Å². The average molecular weight is 302 g/mol. The third-order valence-electron chi connectivity index (χ3n) is 4.22. The van der Waals surface area contributed by atoms with E-state index >= 15 is 0 Å². The standard InChI is InChI=1S/C18H26N2O2/c1-13(2)9-10-20-12-16(11-17(20)21)18(22)19-14(3)15-7-5-4-6-8-15/h4-8,13-14,16H,9-12H2,1-3H3,(H,19,22). The smallest absolute Gasteiger partial charge is 0.225 e. The van der Waals surface area contributed by atoms with Gasteiger partial charge < -0.3 is 10.2 Å². The van der Waals surface area contributed by atoms with Crippen LogP contribution in [-0.4, -0.2) is 29.8 Å². The largest absolute Gasteiger partial charge is 0.349 e. The minimum atomic E-state index is -0.217. The molecular weight excluding hydrogens is 276 g/mol. The summed E-state index contributed by atoms with van der Waals surface area (Å²) in [6.07, 6.45) is 1.33. The maximum absolute atomic E-state index is 12.4. The Balaban J connectivity index is 1.87. The Morgan fingerprint density at radius 1 is 1.27 bits per heavy atom. The third-order valence-corrected chi connectivity index (χ3v) is 4.22. The number of likely N-dealkylation sites (tertiary alicyclic amines) is 1. The second-order valence-corrected chi connectivity index (χ2v) is 6.56. The third kappa shape index (κ3) is 4.33. The fourth-order valence-electron chi connectivity index (χ4n) is 2.73. The monoisotopic (exact) mass is 302 g/mol. The van der Waals surface area contributed by atoms with Gasteiger partial charge in [0.05, 0.1) is 12.0 Å². The first-order chi connectivity index (χ1) is 10.5. The summed E-state index contributed by atoms with van der Waals surface area (Å²) in [6.45, 7) is 7.58. The van der Waals surface area contributed by atoms with E-state index in [0.29, 0.717) is 18.9 Å². The van der Waals surface area contributed by atoms with E-state index in [1.807, 2.05) is 42.2 Å². The summed E-state index contributed by atoms with van der Waals surface area (Å²) in [4.78, 5) is 26.2. The first-order valence-electron chi connectivity index (χ1n) is 8.10. The second-order valence-electron chi connectivity index (χ2n) is 6.56. The molecule has 2 amide bonds. The summed E-state index contributed by atoms with van der Waals surface area (Å²) in [5.41, 5.74) is 1.08. The van der Waals surface area contributed by atoms with E-state index in [1.54, 1.807) is 0 Å². The van der Waals surface area contributed by atoms with E-state index in [-0.39, 0.29) is 23.8 Å². The molecule has 1 aromatic rings. The number of nitrogens with zero attached hydrogens (tertiary/aromatic N) is 1. The number of benzene rings is 1. The molecule has 1 aliphatic heterocycles. The van der Waals surface area contributed by atoms with Gasteiger partial charge in [0.15, 0.2) is 0 Å². The average Bonchev–Trinajstić information content (AvgIpc) is 2.87. The Morgan fingerprint density at radius 3 is 2.59 bits per heavy atom. The van der Waals surface area contributed by atoms with Crippen LogP contribution in [0.2, 0.25) is 0 Å². The quantitative estimate of drug-likeness (QED) is 0.878. The summed E-state index contributed by atoms with van der Waals surface area (Å²) in [7, 11) is 0. The highest BCUT2D eigenvalue weighted by atomic mass is 16.2. The molecule has 0 spiro atoms. The van der Waals surface area contributed by atoms with Crippen molar-refractivity contribution in [3.8, 4) is 0 Å². The molecule has 2 atom stereocenters. The van der Waals surface area contributed by atoms with Crippen LogP contribution >= 0.6 is 0 Å². The van der Waals surface area contributed by atoms with Crippen molar-refractivity contribution in [2.24, 2.45) is 11.8 Å². The summed E-state index contributed by atoms with van der Waals surface area (Å²) in [6, 6.07) is 9.85. The number of carbonyl (C=O) groups excluding carboxylic acids is 2. The molecule has 1 fully saturated rings. The molecule has 0 radical (unpaired) electrons. The molecule has 4 nitrogen and oxygen atoms in total. The Kier molecular flexibility index (Phi) is 5.58. The van der Waals surface area contributed by atoms with Crippen LogP contribution in [0.3, 0.4) is 0 Å². The van der Waals surface area contributed by atoms with Gasteiger partial charge in [0.25, 0.3) is 0 Å². The van der Waals surface area contributed by atoms with Gasteiger partial charge in [-0.2, -0.15) is 0 Å². The SMILES string of the molecule is CC(C)CCN1CC(C(=O)NC(C)c2ccccc2)CC1=O. The van der Waals surface area contributed by atoms with Crippen LogP contribution in [0.15, 0.2) is 30.3 Å². The van der Waals surface area contributed by atoms with Crippen molar-refractivity contribution in [2.75, 3.05) is 13.1 Å². The van der Waals surface area contributed by atoms with Crippen molar-refractivity contribution < 1.29 is 9.59 Å². The molecule has 0 saturated carbocycles. The highest BCUT2D eigenvalue weighted by molar-refractivity contribution is 5.89. The summed E-state index contributed by atoms with van der Waals surface area (Å²) in [5, 5.41) is 3.03. The van der Waals surface area contributed by atoms with Gasteiger partial charge in [-0.1, -0.05) is 44.2 Å². The molecule has 22 heavy (non-hydrogen) atoms. The van der Waals surface area contributed by atoms with Crippen molar-refractivity contribution in [3.05, 3.63) is 35.9 Å². The number of amides is 2. The maximum Gasteiger partial charge on any atom is 0.225 e. The second kappa shape index (κ2) is 7.43. The molecule has 2 unspecified atom stereocenters. The molecular formula is C18H26N2O2. The van der Waals surface area contributed by atoms with E-state index in [9.17, 15) is 9.59 Å². The lowest BCUT2D eigenvalue weighted by Gasteiger charge is -2.19. The summed E-state index contributed by atoms with van der Waals surface area (Å²) in [5.74, 6) is 0.439. The van der Waals surface area contributed by atoms with Crippen LogP contribution in [0.1, 0.15) is 45.2 Å². The van der Waals surface area contributed by atoms with Gasteiger partial charge in [-0.05, 0) is 24.8 Å². The molecule has 1 saturated heterocycles. The lowest BCUT2D eigenvalue weighted by molar-refractivity contribution is -0.129. The van der Waals surface area contributed by atoms with Crippen molar-refractivity contribution in [2.45, 2.75) is 39.7 Å². The van der Waals surface area contributed by atoms with Gasteiger partial charge in [-0.3, -0.25) is 9.59 Å². The highest BCUT2D eigenvalue weighted by Gasteiger charge is 2.34. The van der Waals surface area contributed by atoms with Crippen LogP contribution in [0, 0.1) is 11.8 Å². The highest BCUT2D eigenvalue weighted by Crippen LogP contribution is 2.21. The van der Waals surface area contributed by atoms with Crippen molar-refractivity contribution in [1.29, 1.82) is 0 Å². The number of hydrogen-bond donors (Lipinski definition) is 1. The normalized spacial score (nSPS) is 19.5. The number of rotatable bonds is 6. The van der Waals surface area contributed by atoms with Gasteiger partial charge in [-0.15, -0.1) is 0 Å². The Bertz CT molecular complexity index is 513. The van der Waals surface area contributed by atoms with Crippen LogP contribution in [0.4, 0.5) is 0 Å². The Hall–Kier alpha value is -1.84. The molecule has 1 aliphatic rings. The molecule has 1 N–H and O–H groups in total. The lowest BCUT2D eigenvalue weighted by Crippen LogP contribution is -2.34. The Morgan fingerprint density at radius 2 is 1.95 bits per heavy atom. The van der Waals surface area contributed by atoms with Gasteiger partial charge in [0.1, 0.15) is 0 Å². The van der Waals surface area contributed by atoms with Crippen molar-refractivity contribution in [1.82, 2.24) is 10.2 Å². The predicted octanol–water partition coefficient (Wildman–Crippen LogP) is 2.76. The molecule has 0 bridgehead atoms. The molecule has 4 heteroatoms. The van der Waals surface area contributed by atoms with Gasteiger partial charge >= 0.3 is 0 Å². The molecule has 2 rings (SSSR count). The van der Waals surface area contributed by atoms with Crippen molar-refractivity contribution >= 4 is 11.8 Å². The number of carbonyl (C=O) groups is 2. The minimum absolute atomic E-state index is 0.0169. The fourth-order valence-corrected chi connectivity index (χ4v) is 2.73. The fraction of sp³-hybridized carbons (Fsp3) is 0.556. The zero-order chi connectivity index (χ0) is 16.1. The van der Waals surface area contributed by atoms with E-state index in [2.05, 4.69) is 19.2 Å². The molecule has 0 aromatic heterocycles. The lowest BCUT2D eigenvalue weighted by atomic mass is 10.1. The summed E-state index contributed by atoms with van der Waals surface area (Å²) < 4.78 is 0. The number of nitrogens with one attached hydrogen (secondary N) is 1. The zero-order valence-electron chi connectivity index (χ0n) is 13.7. The zero-order valence-corrected chi connectivity index (χ0v) is 13.7. The minimum Gasteiger partial charge on any atom is -0.349 e. The molecule has 1 heterocycles. The van der Waals surface area contributed by atoms with Crippen LogP contribution < -0.4 is 5.32 Å². The number of hydrogen-bond acceptors (Lipinski definition) is 2. The first-order valence-corrected chi connectivity index (χ1v) is 8.10. The van der Waals surface area contributed by atoms with Crippen LogP contribution in [0.5, 0.6) is 0 Å². The topological polar surface area (TPSA) is 49.4 Å². The van der Waals surface area contributed by atoms with Crippen LogP contribution in [0.25, 0.3) is 0 Å². The Labute approximate surface area is 132 Å². The van der Waals surface area contributed by atoms with E-state index in [4.69, 9.17) is 0 Å². The van der Waals surface area contributed by atoms with Gasteiger partial charge in [0, 0.05) is 19.5 Å². The van der Waals surface area contributed by atoms with Gasteiger partial charge in [-0.25, -0.2) is 0 Å². The van der Waals surface area contributed by atoms with E-state index < -0.39 is 0 Å². The van der Waals surface area contributed by atoms with E-state index in [0.717, 1.165) is 18.5 Å². The first kappa shape index (κ1) is 16.5. The maximum atomic E-state index is 12.4. The summed E-state index contributed by atoms with van der Waals surface area (Å²) >= 11 is 0. The molecule has 120 valence electrons. The van der Waals surface area contributed by atoms with Crippen molar-refractivity contribution in [3.63, 3.8) is 0 Å². The van der Waals surface area contributed by atoms with Gasteiger partial charge in [0.2, 0.25) is 11.8 Å². The van der Waals surface area contributed by atoms with E-state index in [1.165, 1.54) is 0 Å². The molecule has 1 aromatic carbocycles.